The highest BCUT2D eigenvalue weighted by Gasteiger charge is 2.32. The predicted octanol–water partition coefficient (Wildman–Crippen LogP) is 1.13. The molecule has 16 heavy (non-hydrogen) atoms. The molecule has 4 nitrogen and oxygen atoms in total. The van der Waals surface area contributed by atoms with Crippen LogP contribution in [0.3, 0.4) is 0 Å². The van der Waals surface area contributed by atoms with Crippen molar-refractivity contribution in [2.24, 2.45) is 0 Å². The predicted molar refractivity (Wildman–Crippen MR) is 60.8 cm³/mol. The number of likely N-dealkylation sites (N-methyl/N-ethyl adjacent to an activating group) is 1. The highest BCUT2D eigenvalue weighted by atomic mass is 16.5. The lowest BCUT2D eigenvalue weighted by molar-refractivity contribution is -0.113. The lowest BCUT2D eigenvalue weighted by Crippen LogP contribution is -2.55. The van der Waals surface area contributed by atoms with Crippen molar-refractivity contribution in [3.63, 3.8) is 0 Å². The van der Waals surface area contributed by atoms with E-state index in [1.54, 1.807) is 6.08 Å². The molecule has 1 fully saturated rings. The first-order valence-electron chi connectivity index (χ1n) is 5.33. The van der Waals surface area contributed by atoms with Gasteiger partial charge < -0.3 is 4.74 Å². The monoisotopic (exact) mass is 222 g/mol. The number of nitriles is 1. The third kappa shape index (κ3) is 2.69. The van der Waals surface area contributed by atoms with E-state index in [1.165, 1.54) is 6.92 Å². The molecule has 1 aliphatic rings. The van der Waals surface area contributed by atoms with E-state index in [2.05, 4.69) is 4.90 Å². The van der Waals surface area contributed by atoms with Gasteiger partial charge in [-0.25, -0.2) is 0 Å². The van der Waals surface area contributed by atoms with Gasteiger partial charge in [0.25, 0.3) is 0 Å². The van der Waals surface area contributed by atoms with Crippen molar-refractivity contribution in [1.82, 2.24) is 4.90 Å². The summed E-state index contributed by atoms with van der Waals surface area (Å²) in [6.45, 7) is 6.83. The molecule has 0 aromatic heterocycles. The Balaban J connectivity index is 2.83. The quantitative estimate of drug-likeness (QED) is 0.528. The van der Waals surface area contributed by atoms with Crippen molar-refractivity contribution in [2.75, 3.05) is 20.3 Å². The van der Waals surface area contributed by atoms with Gasteiger partial charge in [0.05, 0.1) is 24.8 Å². The van der Waals surface area contributed by atoms with Gasteiger partial charge in [0, 0.05) is 5.54 Å². The van der Waals surface area contributed by atoms with Crippen LogP contribution < -0.4 is 0 Å². The molecular weight excluding hydrogens is 204 g/mol. The van der Waals surface area contributed by atoms with Gasteiger partial charge >= 0.3 is 0 Å². The fourth-order valence-electron chi connectivity index (χ4n) is 1.59. The Morgan fingerprint density at radius 1 is 1.56 bits per heavy atom. The lowest BCUT2D eigenvalue weighted by atomic mass is 9.96. The molecule has 0 unspecified atom stereocenters. The van der Waals surface area contributed by atoms with Crippen LogP contribution in [0.2, 0.25) is 0 Å². The highest BCUT2D eigenvalue weighted by Crippen LogP contribution is 2.22. The average molecular weight is 222 g/mol. The Bertz CT molecular complexity index is 349. The molecule has 0 aliphatic carbocycles. The summed E-state index contributed by atoms with van der Waals surface area (Å²) in [5.74, 6) is -0.186. The van der Waals surface area contributed by atoms with E-state index in [4.69, 9.17) is 10.00 Å². The van der Waals surface area contributed by atoms with E-state index in [0.29, 0.717) is 6.04 Å². The Morgan fingerprint density at radius 2 is 2.12 bits per heavy atom. The standard InChI is InChI=1S/C12H18N2O2/c1-9(15)10(6-13)5-12(2,3)14(4)11-7-16-8-11/h5,11H,7-8H2,1-4H3/b10-5+. The molecule has 0 atom stereocenters. The van der Waals surface area contributed by atoms with Crippen LogP contribution in [0.15, 0.2) is 11.6 Å². The van der Waals surface area contributed by atoms with Crippen LogP contribution >= 0.6 is 0 Å². The molecule has 0 bridgehead atoms. The number of carbonyl (C=O) groups is 1. The molecule has 1 heterocycles. The summed E-state index contributed by atoms with van der Waals surface area (Å²) in [5.41, 5.74) is -0.0948. The zero-order chi connectivity index (χ0) is 12.3. The molecule has 1 saturated heterocycles. The van der Waals surface area contributed by atoms with Crippen LogP contribution in [0, 0.1) is 11.3 Å². The summed E-state index contributed by atoms with van der Waals surface area (Å²) in [7, 11) is 1.98. The van der Waals surface area contributed by atoms with Gasteiger partial charge in [-0.15, -0.1) is 0 Å². The fraction of sp³-hybridized carbons (Fsp3) is 0.667. The molecule has 0 radical (unpaired) electrons. The molecule has 0 aromatic carbocycles. The van der Waals surface area contributed by atoms with E-state index in [1.807, 2.05) is 27.0 Å². The van der Waals surface area contributed by atoms with Crippen LogP contribution in [0.25, 0.3) is 0 Å². The van der Waals surface area contributed by atoms with Gasteiger partial charge in [-0.05, 0) is 33.9 Å². The molecule has 0 saturated carbocycles. The van der Waals surface area contributed by atoms with Crippen LogP contribution in [0.1, 0.15) is 20.8 Å². The Morgan fingerprint density at radius 3 is 2.44 bits per heavy atom. The highest BCUT2D eigenvalue weighted by molar-refractivity contribution is 5.97. The summed E-state index contributed by atoms with van der Waals surface area (Å²) in [6, 6.07) is 2.31. The van der Waals surface area contributed by atoms with E-state index >= 15 is 0 Å². The van der Waals surface area contributed by atoms with Crippen molar-refractivity contribution in [3.05, 3.63) is 11.6 Å². The van der Waals surface area contributed by atoms with Crippen molar-refractivity contribution in [3.8, 4) is 6.07 Å². The second-order valence-electron chi connectivity index (χ2n) is 4.68. The van der Waals surface area contributed by atoms with Gasteiger partial charge in [0.15, 0.2) is 5.78 Å². The maximum absolute atomic E-state index is 11.2. The molecule has 0 aromatic rings. The SMILES string of the molecule is CC(=O)/C(C#N)=C/C(C)(C)N(C)C1COC1. The van der Waals surface area contributed by atoms with Gasteiger partial charge in [-0.1, -0.05) is 0 Å². The van der Waals surface area contributed by atoms with Crippen LogP contribution in [-0.4, -0.2) is 42.5 Å². The molecule has 0 spiro atoms. The lowest BCUT2D eigenvalue weighted by Gasteiger charge is -2.43. The first-order valence-corrected chi connectivity index (χ1v) is 5.33. The smallest absolute Gasteiger partial charge is 0.170 e. The first-order chi connectivity index (χ1) is 7.38. The van der Waals surface area contributed by atoms with E-state index in [9.17, 15) is 4.79 Å². The summed E-state index contributed by atoms with van der Waals surface area (Å²) < 4.78 is 5.14. The second-order valence-corrected chi connectivity index (χ2v) is 4.68. The minimum Gasteiger partial charge on any atom is -0.378 e. The summed E-state index contributed by atoms with van der Waals surface area (Å²) in [5, 5.41) is 8.87. The van der Waals surface area contributed by atoms with Gasteiger partial charge in [0.2, 0.25) is 0 Å². The molecule has 1 aliphatic heterocycles. The fourth-order valence-corrected chi connectivity index (χ4v) is 1.59. The normalized spacial score (nSPS) is 18.1. The number of rotatable bonds is 4. The minimum absolute atomic E-state index is 0.186. The van der Waals surface area contributed by atoms with E-state index in [-0.39, 0.29) is 16.9 Å². The summed E-state index contributed by atoms with van der Waals surface area (Å²) >= 11 is 0. The first kappa shape index (κ1) is 12.9. The molecule has 1 rings (SSSR count). The second kappa shape index (κ2) is 4.77. The van der Waals surface area contributed by atoms with Crippen molar-refractivity contribution < 1.29 is 9.53 Å². The number of allylic oxidation sites excluding steroid dienone is 1. The van der Waals surface area contributed by atoms with Gasteiger partial charge in [-0.3, -0.25) is 9.69 Å². The molecule has 88 valence electrons. The van der Waals surface area contributed by atoms with Crippen molar-refractivity contribution in [1.29, 1.82) is 5.26 Å². The van der Waals surface area contributed by atoms with Gasteiger partial charge in [-0.2, -0.15) is 5.26 Å². The molecular formula is C12H18N2O2. The maximum Gasteiger partial charge on any atom is 0.170 e. The van der Waals surface area contributed by atoms with Crippen molar-refractivity contribution in [2.45, 2.75) is 32.4 Å². The summed E-state index contributed by atoms with van der Waals surface area (Å²) in [4.78, 5) is 13.3. The number of hydrogen-bond acceptors (Lipinski definition) is 4. The number of hydrogen-bond donors (Lipinski definition) is 0. The summed E-state index contributed by atoms with van der Waals surface area (Å²) in [6.07, 6.45) is 1.73. The Labute approximate surface area is 96.5 Å². The number of ether oxygens (including phenoxy) is 1. The maximum atomic E-state index is 11.2. The molecule has 0 amide bonds. The zero-order valence-electron chi connectivity index (χ0n) is 10.3. The van der Waals surface area contributed by atoms with Crippen LogP contribution in [0.4, 0.5) is 0 Å². The number of carbonyl (C=O) groups excluding carboxylic acids is 1. The van der Waals surface area contributed by atoms with E-state index < -0.39 is 0 Å². The zero-order valence-corrected chi connectivity index (χ0v) is 10.3. The average Bonchev–Trinajstić information content (AvgIpc) is 2.10. The topological polar surface area (TPSA) is 53.3 Å². The number of ketones is 1. The van der Waals surface area contributed by atoms with Crippen molar-refractivity contribution >= 4 is 5.78 Å². The largest absolute Gasteiger partial charge is 0.378 e. The third-order valence-electron chi connectivity index (χ3n) is 3.07. The third-order valence-corrected chi connectivity index (χ3v) is 3.07. The Hall–Kier alpha value is -1.18. The Kier molecular flexibility index (Phi) is 3.84. The van der Waals surface area contributed by atoms with E-state index in [0.717, 1.165) is 13.2 Å². The van der Waals surface area contributed by atoms with Crippen LogP contribution in [0.5, 0.6) is 0 Å². The van der Waals surface area contributed by atoms with Crippen LogP contribution in [-0.2, 0) is 9.53 Å². The number of nitrogens with zero attached hydrogens (tertiary/aromatic N) is 2. The molecule has 4 heteroatoms. The molecule has 0 N–H and O–H groups in total. The minimum atomic E-state index is -0.314. The van der Waals surface area contributed by atoms with Gasteiger partial charge in [0.1, 0.15) is 6.07 Å². The number of Topliss-reactive ketones (excluding diaryl/α,β-unsaturated/α-hetero) is 1.